The van der Waals surface area contributed by atoms with Gasteiger partial charge in [-0.25, -0.2) is 0 Å². The number of hydrogen-bond acceptors (Lipinski definition) is 3. The molecule has 0 amide bonds. The fourth-order valence-electron chi connectivity index (χ4n) is 2.53. The van der Waals surface area contributed by atoms with Crippen molar-refractivity contribution < 1.29 is 4.74 Å². The minimum atomic E-state index is 0.437. The first-order chi connectivity index (χ1) is 7.83. The van der Waals surface area contributed by atoms with Crippen LogP contribution in [0.2, 0.25) is 0 Å². The Bertz CT molecular complexity index is 334. The van der Waals surface area contributed by atoms with E-state index in [1.165, 1.54) is 11.1 Å². The Morgan fingerprint density at radius 1 is 1.44 bits per heavy atom. The Morgan fingerprint density at radius 3 is 2.81 bits per heavy atom. The third-order valence-corrected chi connectivity index (χ3v) is 3.45. The second-order valence-electron chi connectivity index (χ2n) is 4.45. The predicted molar refractivity (Wildman–Crippen MR) is 64.3 cm³/mol. The molecular weight excluding hydrogens is 200 g/mol. The molecule has 3 heteroatoms. The second-order valence-corrected chi connectivity index (χ2v) is 4.45. The molecule has 1 N–H and O–H groups in total. The number of hydrogen-bond donors (Lipinski definition) is 1. The molecule has 16 heavy (non-hydrogen) atoms. The van der Waals surface area contributed by atoms with Crippen molar-refractivity contribution in [3.8, 4) is 0 Å². The molecule has 88 valence electrons. The number of aryl methyl sites for hydroxylation is 1. The lowest BCUT2D eigenvalue weighted by Crippen LogP contribution is -2.30. The van der Waals surface area contributed by atoms with Crippen LogP contribution in [0.5, 0.6) is 0 Å². The Hall–Kier alpha value is -0.930. The first-order valence-electron chi connectivity index (χ1n) is 5.98. The lowest BCUT2D eigenvalue weighted by Gasteiger charge is -2.31. The number of nitrogens with one attached hydrogen (secondary N) is 1. The molecule has 1 atom stereocenters. The number of nitrogens with zero attached hydrogens (tertiary/aromatic N) is 1. The minimum absolute atomic E-state index is 0.437. The number of ether oxygens (including phenoxy) is 1. The van der Waals surface area contributed by atoms with Crippen molar-refractivity contribution in [1.82, 2.24) is 10.3 Å². The highest BCUT2D eigenvalue weighted by Gasteiger charge is 2.24. The van der Waals surface area contributed by atoms with Crippen LogP contribution in [-0.4, -0.2) is 25.2 Å². The summed E-state index contributed by atoms with van der Waals surface area (Å²) < 4.78 is 5.42. The summed E-state index contributed by atoms with van der Waals surface area (Å²) in [5.41, 5.74) is 2.65. The molecule has 1 aromatic heterocycles. The average molecular weight is 220 g/mol. The minimum Gasteiger partial charge on any atom is -0.381 e. The molecule has 1 saturated heterocycles. The summed E-state index contributed by atoms with van der Waals surface area (Å²) in [7, 11) is 2.04. The van der Waals surface area contributed by atoms with Crippen LogP contribution in [0.3, 0.4) is 0 Å². The molecule has 1 aromatic rings. The van der Waals surface area contributed by atoms with E-state index < -0.39 is 0 Å². The normalized spacial score (nSPS) is 19.6. The highest BCUT2D eigenvalue weighted by atomic mass is 16.5. The summed E-state index contributed by atoms with van der Waals surface area (Å²) >= 11 is 0. The molecule has 1 aliphatic heterocycles. The van der Waals surface area contributed by atoms with Crippen LogP contribution in [0.4, 0.5) is 0 Å². The Labute approximate surface area is 97.2 Å². The SMILES string of the molecule is CNC(c1ccncc1C)C1CCOCC1. The van der Waals surface area contributed by atoms with Crippen molar-refractivity contribution in [1.29, 1.82) is 0 Å². The maximum atomic E-state index is 5.42. The Balaban J connectivity index is 2.18. The second kappa shape index (κ2) is 5.41. The molecule has 0 saturated carbocycles. The van der Waals surface area contributed by atoms with Crippen molar-refractivity contribution in [2.45, 2.75) is 25.8 Å². The third-order valence-electron chi connectivity index (χ3n) is 3.45. The van der Waals surface area contributed by atoms with Crippen molar-refractivity contribution in [2.75, 3.05) is 20.3 Å². The van der Waals surface area contributed by atoms with E-state index in [-0.39, 0.29) is 0 Å². The fraction of sp³-hybridized carbons (Fsp3) is 0.615. The molecule has 3 nitrogen and oxygen atoms in total. The lowest BCUT2D eigenvalue weighted by molar-refractivity contribution is 0.0545. The molecule has 0 aromatic carbocycles. The number of rotatable bonds is 3. The quantitative estimate of drug-likeness (QED) is 0.847. The molecular formula is C13H20N2O. The van der Waals surface area contributed by atoms with Gasteiger partial charge in [-0.1, -0.05) is 0 Å². The van der Waals surface area contributed by atoms with Crippen molar-refractivity contribution in [2.24, 2.45) is 5.92 Å². The average Bonchev–Trinajstić information content (AvgIpc) is 2.34. The third kappa shape index (κ3) is 2.42. The van der Waals surface area contributed by atoms with Gasteiger partial charge in [-0.2, -0.15) is 0 Å². The van der Waals surface area contributed by atoms with Gasteiger partial charge < -0.3 is 10.1 Å². The molecule has 0 spiro atoms. The zero-order valence-corrected chi connectivity index (χ0v) is 10.1. The van der Waals surface area contributed by atoms with E-state index in [1.54, 1.807) is 0 Å². The van der Waals surface area contributed by atoms with Gasteiger partial charge in [0.05, 0.1) is 0 Å². The van der Waals surface area contributed by atoms with Crippen LogP contribution >= 0.6 is 0 Å². The molecule has 1 aliphatic rings. The fourth-order valence-corrected chi connectivity index (χ4v) is 2.53. The Kier molecular flexibility index (Phi) is 3.91. The summed E-state index contributed by atoms with van der Waals surface area (Å²) in [6, 6.07) is 2.57. The van der Waals surface area contributed by atoms with Gasteiger partial charge in [0, 0.05) is 31.6 Å². The lowest BCUT2D eigenvalue weighted by atomic mass is 9.86. The van der Waals surface area contributed by atoms with E-state index in [1.807, 2.05) is 19.4 Å². The van der Waals surface area contributed by atoms with Crippen LogP contribution in [-0.2, 0) is 4.74 Å². The van der Waals surface area contributed by atoms with Crippen LogP contribution in [0, 0.1) is 12.8 Å². The van der Waals surface area contributed by atoms with Crippen molar-refractivity contribution in [3.63, 3.8) is 0 Å². The highest BCUT2D eigenvalue weighted by Crippen LogP contribution is 2.30. The maximum Gasteiger partial charge on any atom is 0.0469 e. The molecule has 2 heterocycles. The van der Waals surface area contributed by atoms with Crippen LogP contribution in [0.15, 0.2) is 18.5 Å². The monoisotopic (exact) mass is 220 g/mol. The number of pyridine rings is 1. The van der Waals surface area contributed by atoms with Gasteiger partial charge in [-0.05, 0) is 49.9 Å². The standard InChI is InChI=1S/C13H20N2O/c1-10-9-15-6-3-12(10)13(14-2)11-4-7-16-8-5-11/h3,6,9,11,13-14H,4-5,7-8H2,1-2H3. The van der Waals surface area contributed by atoms with E-state index in [0.717, 1.165) is 26.1 Å². The summed E-state index contributed by atoms with van der Waals surface area (Å²) in [4.78, 5) is 4.15. The van der Waals surface area contributed by atoms with Crippen LogP contribution < -0.4 is 5.32 Å². The van der Waals surface area contributed by atoms with E-state index >= 15 is 0 Å². The summed E-state index contributed by atoms with van der Waals surface area (Å²) in [5.74, 6) is 0.680. The van der Waals surface area contributed by atoms with E-state index in [2.05, 4.69) is 23.3 Å². The van der Waals surface area contributed by atoms with Gasteiger partial charge in [0.15, 0.2) is 0 Å². The van der Waals surface area contributed by atoms with E-state index in [4.69, 9.17) is 4.74 Å². The zero-order valence-electron chi connectivity index (χ0n) is 10.1. The summed E-state index contributed by atoms with van der Waals surface area (Å²) in [6.45, 7) is 3.92. The van der Waals surface area contributed by atoms with Gasteiger partial charge in [0.25, 0.3) is 0 Å². The van der Waals surface area contributed by atoms with Gasteiger partial charge in [-0.15, -0.1) is 0 Å². The molecule has 2 rings (SSSR count). The first-order valence-corrected chi connectivity index (χ1v) is 5.98. The van der Waals surface area contributed by atoms with Crippen molar-refractivity contribution in [3.05, 3.63) is 29.6 Å². The first kappa shape index (κ1) is 11.6. The Morgan fingerprint density at radius 2 is 2.19 bits per heavy atom. The molecule has 0 bridgehead atoms. The zero-order chi connectivity index (χ0) is 11.4. The van der Waals surface area contributed by atoms with Crippen LogP contribution in [0.1, 0.15) is 30.0 Å². The van der Waals surface area contributed by atoms with E-state index in [9.17, 15) is 0 Å². The molecule has 0 aliphatic carbocycles. The van der Waals surface area contributed by atoms with Gasteiger partial charge >= 0.3 is 0 Å². The predicted octanol–water partition coefficient (Wildman–Crippen LogP) is 2.08. The van der Waals surface area contributed by atoms with Gasteiger partial charge in [0.2, 0.25) is 0 Å². The number of aromatic nitrogens is 1. The smallest absolute Gasteiger partial charge is 0.0469 e. The van der Waals surface area contributed by atoms with Crippen LogP contribution in [0.25, 0.3) is 0 Å². The largest absolute Gasteiger partial charge is 0.381 e. The molecule has 1 fully saturated rings. The maximum absolute atomic E-state index is 5.42. The van der Waals surface area contributed by atoms with Gasteiger partial charge in [0.1, 0.15) is 0 Å². The van der Waals surface area contributed by atoms with E-state index in [0.29, 0.717) is 12.0 Å². The molecule has 0 radical (unpaired) electrons. The molecule has 1 unspecified atom stereocenters. The summed E-state index contributed by atoms with van der Waals surface area (Å²) in [5, 5.41) is 3.45. The summed E-state index contributed by atoms with van der Waals surface area (Å²) in [6.07, 6.45) is 6.12. The topological polar surface area (TPSA) is 34.2 Å². The highest BCUT2D eigenvalue weighted by molar-refractivity contribution is 5.26. The van der Waals surface area contributed by atoms with Crippen molar-refractivity contribution >= 4 is 0 Å². The van der Waals surface area contributed by atoms with Gasteiger partial charge in [-0.3, -0.25) is 4.98 Å².